The highest BCUT2D eigenvalue weighted by Crippen LogP contribution is 2.49. The molecule has 6 rings (SSSR count). The van der Waals surface area contributed by atoms with Gasteiger partial charge in [0.15, 0.2) is 0 Å². The van der Waals surface area contributed by atoms with Gasteiger partial charge in [0.05, 0.1) is 11.6 Å². The number of aryl methyl sites for hydroxylation is 1. The summed E-state index contributed by atoms with van der Waals surface area (Å²) in [6, 6.07) is 16.0. The number of carboxylic acid groups (broad SMARTS) is 1. The Bertz CT molecular complexity index is 1390. The first kappa shape index (κ1) is 34.4. The number of likely N-dealkylation sites (tertiary alicyclic amines) is 1. The number of hydrogen-bond acceptors (Lipinski definition) is 3. The van der Waals surface area contributed by atoms with Crippen LogP contribution < -0.4 is 0 Å². The molecule has 1 aromatic heterocycles. The molecule has 240 valence electrons. The van der Waals surface area contributed by atoms with Crippen molar-refractivity contribution in [3.8, 4) is 0 Å². The maximum atomic E-state index is 14.3. The fourth-order valence-electron chi connectivity index (χ4n) is 7.79. The molecule has 0 bridgehead atoms. The topological polar surface area (TPSA) is 58.4 Å². The summed E-state index contributed by atoms with van der Waals surface area (Å²) in [6.45, 7) is 5.77. The monoisotopic (exact) mass is 647 g/mol. The number of benzene rings is 2. The van der Waals surface area contributed by atoms with Gasteiger partial charge in [0.25, 0.3) is 0 Å². The Balaban J connectivity index is 0.00000221. The largest absolute Gasteiger partial charge is 0.481 e. The molecule has 0 amide bonds. The summed E-state index contributed by atoms with van der Waals surface area (Å²) in [5, 5.41) is 14.9. The number of carboxylic acids is 1. The first-order valence-corrected chi connectivity index (χ1v) is 15.9. The lowest BCUT2D eigenvalue weighted by atomic mass is 9.85. The number of carbonyl (C=O) groups is 1. The second-order valence-corrected chi connectivity index (χ2v) is 13.0. The third kappa shape index (κ3) is 8.02. The predicted molar refractivity (Wildman–Crippen MR) is 174 cm³/mol. The second-order valence-electron chi connectivity index (χ2n) is 13.0. The van der Waals surface area contributed by atoms with Gasteiger partial charge in [-0.05, 0) is 111 Å². The molecule has 0 spiro atoms. The van der Waals surface area contributed by atoms with Crippen LogP contribution in [0.3, 0.4) is 0 Å². The summed E-state index contributed by atoms with van der Waals surface area (Å²) in [7, 11) is 0. The first-order chi connectivity index (χ1) is 20.4. The smallest absolute Gasteiger partial charge is 0.306 e. The molecule has 0 radical (unpaired) electrons. The summed E-state index contributed by atoms with van der Waals surface area (Å²) >= 11 is 0. The molecule has 3 aromatic rings. The Morgan fingerprint density at radius 3 is 2.41 bits per heavy atom. The maximum absolute atomic E-state index is 14.3. The zero-order valence-corrected chi connectivity index (χ0v) is 27.0. The molecule has 1 saturated heterocycles. The fraction of sp³-hybridized carbons (Fsp3) is 0.543. The van der Waals surface area contributed by atoms with E-state index in [-0.39, 0.29) is 54.2 Å². The molecular weight excluding hydrogens is 603 g/mol. The standard InChI is InChI=1S/C35H43F2N3O2.2ClH/c1-2-40-34(21-30(38-40)19-26-6-3-4-9-33(26)37)24-12-14-39(15-13-24)22-28-17-27(32(35(41)42)16-23-10-11-23)20-31(28)25-7-5-8-29(36)18-25;;/h3-9,18,21,23-24,27-28,31-32H,2,10-17,19-20,22H2,1H3,(H,41,42);2*1H/t27?,28?,31?,32-;;/m0../s1. The quantitative estimate of drug-likeness (QED) is 0.228. The van der Waals surface area contributed by atoms with Crippen molar-refractivity contribution in [2.45, 2.75) is 76.7 Å². The summed E-state index contributed by atoms with van der Waals surface area (Å²) in [6.07, 6.45) is 7.39. The lowest BCUT2D eigenvalue weighted by Gasteiger charge is -2.35. The van der Waals surface area contributed by atoms with Crippen LogP contribution in [0, 0.1) is 35.3 Å². The Labute approximate surface area is 272 Å². The minimum Gasteiger partial charge on any atom is -0.481 e. The van der Waals surface area contributed by atoms with Gasteiger partial charge in [0.1, 0.15) is 11.6 Å². The number of hydrogen-bond donors (Lipinski definition) is 1. The molecule has 3 fully saturated rings. The van der Waals surface area contributed by atoms with Crippen molar-refractivity contribution in [3.05, 3.63) is 88.7 Å². The van der Waals surface area contributed by atoms with E-state index in [0.717, 1.165) is 82.4 Å². The second kappa shape index (κ2) is 15.2. The van der Waals surface area contributed by atoms with Crippen LogP contribution in [0.2, 0.25) is 0 Å². The van der Waals surface area contributed by atoms with E-state index < -0.39 is 5.97 Å². The number of piperidine rings is 1. The van der Waals surface area contributed by atoms with Gasteiger partial charge in [0.2, 0.25) is 0 Å². The number of aliphatic carboxylic acids is 1. The fourth-order valence-corrected chi connectivity index (χ4v) is 7.79. The van der Waals surface area contributed by atoms with E-state index in [4.69, 9.17) is 5.10 Å². The Morgan fingerprint density at radius 1 is 1.00 bits per heavy atom. The van der Waals surface area contributed by atoms with Gasteiger partial charge in [-0.15, -0.1) is 24.8 Å². The van der Waals surface area contributed by atoms with Crippen LogP contribution in [0.15, 0.2) is 54.6 Å². The predicted octanol–water partition coefficient (Wildman–Crippen LogP) is 8.11. The molecule has 2 heterocycles. The van der Waals surface area contributed by atoms with Crippen molar-refractivity contribution < 1.29 is 18.7 Å². The molecule has 9 heteroatoms. The molecule has 3 unspecified atom stereocenters. The minimum absolute atomic E-state index is 0. The maximum Gasteiger partial charge on any atom is 0.306 e. The molecule has 4 atom stereocenters. The Hall–Kier alpha value is -2.48. The lowest BCUT2D eigenvalue weighted by Crippen LogP contribution is -2.37. The molecule has 2 saturated carbocycles. The lowest BCUT2D eigenvalue weighted by molar-refractivity contribution is -0.144. The molecule has 1 N–H and O–H groups in total. The SMILES string of the molecule is CCn1nc(Cc2ccccc2F)cc1C1CCN(CC2CC([C@H](CC3CC3)C(=O)O)CC2c2cccc(F)c2)CC1.Cl.Cl. The summed E-state index contributed by atoms with van der Waals surface area (Å²) in [5.41, 5.74) is 3.84. The van der Waals surface area contributed by atoms with E-state index >= 15 is 0 Å². The summed E-state index contributed by atoms with van der Waals surface area (Å²) < 4.78 is 30.6. The van der Waals surface area contributed by atoms with Crippen LogP contribution in [0.5, 0.6) is 0 Å². The van der Waals surface area contributed by atoms with Crippen LogP contribution in [0.1, 0.15) is 86.2 Å². The van der Waals surface area contributed by atoms with Crippen molar-refractivity contribution in [3.63, 3.8) is 0 Å². The molecule has 2 aromatic carbocycles. The average molecular weight is 649 g/mol. The minimum atomic E-state index is -0.659. The van der Waals surface area contributed by atoms with Crippen LogP contribution in [-0.4, -0.2) is 45.4 Å². The van der Waals surface area contributed by atoms with Crippen molar-refractivity contribution in [1.29, 1.82) is 0 Å². The van der Waals surface area contributed by atoms with Gasteiger partial charge in [-0.3, -0.25) is 9.48 Å². The molecule has 1 aliphatic heterocycles. The van der Waals surface area contributed by atoms with Crippen molar-refractivity contribution >= 4 is 30.8 Å². The third-order valence-electron chi connectivity index (χ3n) is 10.2. The molecule has 5 nitrogen and oxygen atoms in total. The van der Waals surface area contributed by atoms with Crippen LogP contribution in [0.4, 0.5) is 8.78 Å². The van der Waals surface area contributed by atoms with E-state index in [9.17, 15) is 18.7 Å². The number of rotatable bonds is 11. The van der Waals surface area contributed by atoms with Crippen LogP contribution >= 0.6 is 24.8 Å². The van der Waals surface area contributed by atoms with Crippen molar-refractivity contribution in [2.75, 3.05) is 19.6 Å². The zero-order valence-electron chi connectivity index (χ0n) is 25.4. The van der Waals surface area contributed by atoms with Gasteiger partial charge >= 0.3 is 5.97 Å². The van der Waals surface area contributed by atoms with Crippen LogP contribution in [-0.2, 0) is 17.8 Å². The number of halogens is 4. The van der Waals surface area contributed by atoms with Crippen molar-refractivity contribution in [2.24, 2.45) is 23.7 Å². The van der Waals surface area contributed by atoms with Gasteiger partial charge in [-0.25, -0.2) is 8.78 Å². The number of aromatic nitrogens is 2. The van der Waals surface area contributed by atoms with E-state index in [1.807, 2.05) is 18.2 Å². The van der Waals surface area contributed by atoms with Gasteiger partial charge < -0.3 is 10.0 Å². The van der Waals surface area contributed by atoms with E-state index in [0.29, 0.717) is 29.7 Å². The molecule has 44 heavy (non-hydrogen) atoms. The Kier molecular flexibility index (Phi) is 11.9. The highest BCUT2D eigenvalue weighted by Gasteiger charge is 2.43. The van der Waals surface area contributed by atoms with Gasteiger partial charge in [-0.1, -0.05) is 43.2 Å². The van der Waals surface area contributed by atoms with Gasteiger partial charge in [0, 0.05) is 31.1 Å². The first-order valence-electron chi connectivity index (χ1n) is 15.9. The molecular formula is C35H45Cl2F2N3O2. The average Bonchev–Trinajstić information content (AvgIpc) is 3.57. The van der Waals surface area contributed by atoms with Crippen LogP contribution in [0.25, 0.3) is 0 Å². The van der Waals surface area contributed by atoms with Gasteiger partial charge in [-0.2, -0.15) is 5.10 Å². The number of nitrogens with zero attached hydrogens (tertiary/aromatic N) is 3. The van der Waals surface area contributed by atoms with E-state index in [1.165, 1.54) is 17.8 Å². The third-order valence-corrected chi connectivity index (χ3v) is 10.2. The Morgan fingerprint density at radius 2 is 1.75 bits per heavy atom. The highest BCUT2D eigenvalue weighted by molar-refractivity contribution is 5.85. The summed E-state index contributed by atoms with van der Waals surface area (Å²) in [4.78, 5) is 14.8. The van der Waals surface area contributed by atoms with Crippen molar-refractivity contribution in [1.82, 2.24) is 14.7 Å². The van der Waals surface area contributed by atoms with E-state index in [1.54, 1.807) is 18.2 Å². The summed E-state index contributed by atoms with van der Waals surface area (Å²) in [5.74, 6) is 0.274. The molecule has 2 aliphatic carbocycles. The van der Waals surface area contributed by atoms with E-state index in [2.05, 4.69) is 22.6 Å². The normalized spacial score (nSPS) is 23.1. The highest BCUT2D eigenvalue weighted by atomic mass is 35.5. The zero-order chi connectivity index (χ0) is 29.2. The molecule has 3 aliphatic rings.